The topological polar surface area (TPSA) is 84.2 Å². The lowest BCUT2D eigenvalue weighted by atomic mass is 10.0. The van der Waals surface area contributed by atoms with Crippen LogP contribution in [0.5, 0.6) is 5.75 Å². The molecule has 0 spiro atoms. The van der Waals surface area contributed by atoms with Gasteiger partial charge in [0.05, 0.1) is 11.4 Å². The van der Waals surface area contributed by atoms with Gasteiger partial charge in [0.2, 0.25) is 0 Å². The highest BCUT2D eigenvalue weighted by Crippen LogP contribution is 2.35. The first-order valence-electron chi connectivity index (χ1n) is 6.39. The Labute approximate surface area is 116 Å². The van der Waals surface area contributed by atoms with E-state index in [0.29, 0.717) is 12.3 Å². The minimum atomic E-state index is -0.0630. The van der Waals surface area contributed by atoms with Crippen LogP contribution in [0.3, 0.4) is 0 Å². The molecule has 6 nitrogen and oxygen atoms in total. The Morgan fingerprint density at radius 1 is 1.50 bits per heavy atom. The molecule has 0 radical (unpaired) electrons. The van der Waals surface area contributed by atoms with Crippen LogP contribution in [0.2, 0.25) is 0 Å². The number of nitrogens with one attached hydrogen (secondary N) is 1. The van der Waals surface area contributed by atoms with Gasteiger partial charge < -0.3 is 15.4 Å². The second-order valence-electron chi connectivity index (χ2n) is 4.80. The van der Waals surface area contributed by atoms with Gasteiger partial charge in [-0.2, -0.15) is 5.10 Å². The molecular formula is C14H16N4O2. The summed E-state index contributed by atoms with van der Waals surface area (Å²) in [6, 6.07) is 5.69. The molecule has 0 aliphatic carbocycles. The molecule has 1 aliphatic rings. The molecule has 3 N–H and O–H groups in total. The Kier molecular flexibility index (Phi) is 2.94. The highest BCUT2D eigenvalue weighted by atomic mass is 16.5. The summed E-state index contributed by atoms with van der Waals surface area (Å²) < 4.78 is 5.41. The summed E-state index contributed by atoms with van der Waals surface area (Å²) >= 11 is 0. The predicted octanol–water partition coefficient (Wildman–Crippen LogP) is 1.20. The van der Waals surface area contributed by atoms with Crippen molar-refractivity contribution in [2.75, 3.05) is 18.6 Å². The SMILES string of the molecule is Cc1[nH]nc(-c2ccc3c(c2)N(C)C(=O)CO3)c1CN. The van der Waals surface area contributed by atoms with Crippen molar-refractivity contribution in [3.8, 4) is 17.0 Å². The molecule has 20 heavy (non-hydrogen) atoms. The van der Waals surface area contributed by atoms with Crippen molar-refractivity contribution in [3.05, 3.63) is 29.5 Å². The number of likely N-dealkylation sites (N-methyl/N-ethyl adjacent to an activating group) is 1. The van der Waals surface area contributed by atoms with E-state index in [9.17, 15) is 4.79 Å². The largest absolute Gasteiger partial charge is 0.482 e. The molecule has 0 unspecified atom stereocenters. The first kappa shape index (κ1) is 12.7. The Balaban J connectivity index is 2.10. The molecular weight excluding hydrogens is 256 g/mol. The summed E-state index contributed by atoms with van der Waals surface area (Å²) in [5.41, 5.74) is 10.2. The number of ether oxygens (including phenoxy) is 1. The lowest BCUT2D eigenvalue weighted by Crippen LogP contribution is -2.35. The van der Waals surface area contributed by atoms with Gasteiger partial charge in [0.25, 0.3) is 5.91 Å². The van der Waals surface area contributed by atoms with Crippen molar-refractivity contribution < 1.29 is 9.53 Å². The van der Waals surface area contributed by atoms with Gasteiger partial charge in [-0.1, -0.05) is 0 Å². The van der Waals surface area contributed by atoms with Crippen LogP contribution in [0.25, 0.3) is 11.3 Å². The van der Waals surface area contributed by atoms with Crippen LogP contribution in [0, 0.1) is 6.92 Å². The lowest BCUT2D eigenvalue weighted by Gasteiger charge is -2.26. The standard InChI is InChI=1S/C14H16N4O2/c1-8-10(6-15)14(17-16-8)9-3-4-12-11(5-9)18(2)13(19)7-20-12/h3-5H,6-7,15H2,1-2H3,(H,16,17). The van der Waals surface area contributed by atoms with Crippen molar-refractivity contribution in [2.24, 2.45) is 5.73 Å². The summed E-state index contributed by atoms with van der Waals surface area (Å²) in [5, 5.41) is 7.25. The van der Waals surface area contributed by atoms with Crippen LogP contribution in [-0.2, 0) is 11.3 Å². The maximum Gasteiger partial charge on any atom is 0.264 e. The predicted molar refractivity (Wildman–Crippen MR) is 75.6 cm³/mol. The van der Waals surface area contributed by atoms with Gasteiger partial charge in [-0.3, -0.25) is 9.89 Å². The Morgan fingerprint density at radius 3 is 3.05 bits per heavy atom. The van der Waals surface area contributed by atoms with E-state index >= 15 is 0 Å². The second kappa shape index (κ2) is 4.64. The molecule has 104 valence electrons. The number of nitrogens with zero attached hydrogens (tertiary/aromatic N) is 2. The minimum Gasteiger partial charge on any atom is -0.482 e. The fourth-order valence-corrected chi connectivity index (χ4v) is 2.36. The molecule has 6 heteroatoms. The molecule has 2 aromatic rings. The molecule has 1 aliphatic heterocycles. The first-order valence-corrected chi connectivity index (χ1v) is 6.39. The molecule has 0 atom stereocenters. The molecule has 2 heterocycles. The monoisotopic (exact) mass is 272 g/mol. The summed E-state index contributed by atoms with van der Waals surface area (Å²) in [4.78, 5) is 13.3. The molecule has 1 aromatic carbocycles. The number of amides is 1. The van der Waals surface area contributed by atoms with Gasteiger partial charge in [-0.25, -0.2) is 0 Å². The Bertz CT molecular complexity index is 678. The van der Waals surface area contributed by atoms with Crippen LogP contribution >= 0.6 is 0 Å². The highest BCUT2D eigenvalue weighted by Gasteiger charge is 2.23. The average Bonchev–Trinajstić information content (AvgIpc) is 2.83. The van der Waals surface area contributed by atoms with E-state index in [2.05, 4.69) is 10.2 Å². The van der Waals surface area contributed by atoms with E-state index in [1.54, 1.807) is 11.9 Å². The van der Waals surface area contributed by atoms with Crippen molar-refractivity contribution in [1.29, 1.82) is 0 Å². The van der Waals surface area contributed by atoms with Gasteiger partial charge in [-0.15, -0.1) is 0 Å². The lowest BCUT2D eigenvalue weighted by molar-refractivity contribution is -0.120. The quantitative estimate of drug-likeness (QED) is 0.860. The number of carbonyl (C=O) groups is 1. The fraction of sp³-hybridized carbons (Fsp3) is 0.286. The van der Waals surface area contributed by atoms with Crippen LogP contribution in [0.15, 0.2) is 18.2 Å². The number of rotatable bonds is 2. The van der Waals surface area contributed by atoms with Crippen molar-refractivity contribution >= 4 is 11.6 Å². The number of anilines is 1. The van der Waals surface area contributed by atoms with E-state index in [1.165, 1.54) is 0 Å². The number of H-pyrrole nitrogens is 1. The average molecular weight is 272 g/mol. The number of aryl methyl sites for hydroxylation is 1. The number of nitrogens with two attached hydrogens (primary N) is 1. The molecule has 1 amide bonds. The second-order valence-corrected chi connectivity index (χ2v) is 4.80. The number of hydrogen-bond acceptors (Lipinski definition) is 4. The van der Waals surface area contributed by atoms with Gasteiger partial charge in [0.1, 0.15) is 5.75 Å². The molecule has 3 rings (SSSR count). The van der Waals surface area contributed by atoms with E-state index in [0.717, 1.165) is 28.2 Å². The smallest absolute Gasteiger partial charge is 0.264 e. The molecule has 0 bridgehead atoms. The summed E-state index contributed by atoms with van der Waals surface area (Å²) in [7, 11) is 1.74. The Hall–Kier alpha value is -2.34. The zero-order valence-corrected chi connectivity index (χ0v) is 11.4. The number of fused-ring (bicyclic) bond motifs is 1. The zero-order valence-electron chi connectivity index (χ0n) is 11.4. The number of aromatic nitrogens is 2. The first-order chi connectivity index (χ1) is 9.61. The molecule has 0 fully saturated rings. The summed E-state index contributed by atoms with van der Waals surface area (Å²) in [6.45, 7) is 2.44. The molecule has 0 saturated heterocycles. The summed E-state index contributed by atoms with van der Waals surface area (Å²) in [6.07, 6.45) is 0. The van der Waals surface area contributed by atoms with E-state index in [1.807, 2.05) is 25.1 Å². The van der Waals surface area contributed by atoms with Gasteiger partial charge in [0, 0.05) is 30.4 Å². The Morgan fingerprint density at radius 2 is 2.30 bits per heavy atom. The third-order valence-electron chi connectivity index (χ3n) is 3.60. The van der Waals surface area contributed by atoms with Crippen LogP contribution in [-0.4, -0.2) is 29.8 Å². The molecule has 0 saturated carbocycles. The minimum absolute atomic E-state index is 0.0630. The van der Waals surface area contributed by atoms with Gasteiger partial charge in [0.15, 0.2) is 6.61 Å². The third-order valence-corrected chi connectivity index (χ3v) is 3.60. The number of benzene rings is 1. The van der Waals surface area contributed by atoms with Crippen LogP contribution in [0.4, 0.5) is 5.69 Å². The number of hydrogen-bond donors (Lipinski definition) is 2. The molecule has 1 aromatic heterocycles. The van der Waals surface area contributed by atoms with E-state index < -0.39 is 0 Å². The fourth-order valence-electron chi connectivity index (χ4n) is 2.36. The maximum absolute atomic E-state index is 11.7. The van der Waals surface area contributed by atoms with Crippen LogP contribution < -0.4 is 15.4 Å². The van der Waals surface area contributed by atoms with Crippen molar-refractivity contribution in [1.82, 2.24) is 10.2 Å². The van der Waals surface area contributed by atoms with Crippen LogP contribution in [0.1, 0.15) is 11.3 Å². The van der Waals surface area contributed by atoms with Gasteiger partial charge >= 0.3 is 0 Å². The zero-order chi connectivity index (χ0) is 14.3. The maximum atomic E-state index is 11.7. The summed E-state index contributed by atoms with van der Waals surface area (Å²) in [5.74, 6) is 0.643. The van der Waals surface area contributed by atoms with E-state index in [4.69, 9.17) is 10.5 Å². The van der Waals surface area contributed by atoms with Crippen molar-refractivity contribution in [2.45, 2.75) is 13.5 Å². The normalized spacial score (nSPS) is 14.2. The van der Waals surface area contributed by atoms with E-state index in [-0.39, 0.29) is 12.5 Å². The van der Waals surface area contributed by atoms with Gasteiger partial charge in [-0.05, 0) is 25.1 Å². The van der Waals surface area contributed by atoms with Crippen molar-refractivity contribution in [3.63, 3.8) is 0 Å². The highest BCUT2D eigenvalue weighted by molar-refractivity contribution is 5.98. The number of carbonyl (C=O) groups excluding carboxylic acids is 1. The number of aromatic amines is 1. The third kappa shape index (κ3) is 1.85.